The zero-order chi connectivity index (χ0) is 12.3. The van der Waals surface area contributed by atoms with Crippen LogP contribution < -0.4 is 0 Å². The van der Waals surface area contributed by atoms with Crippen LogP contribution in [-0.2, 0) is 4.79 Å². The van der Waals surface area contributed by atoms with Gasteiger partial charge in [0, 0.05) is 4.88 Å². The van der Waals surface area contributed by atoms with Gasteiger partial charge in [0.2, 0.25) is 5.24 Å². The number of rotatable bonds is 3. The lowest BCUT2D eigenvalue weighted by Crippen LogP contribution is -1.75. The molecule has 2 rings (SSSR count). The van der Waals surface area contributed by atoms with E-state index in [-0.39, 0.29) is 0 Å². The molecule has 1 heterocycles. The second kappa shape index (κ2) is 5.30. The molecule has 0 radical (unpaired) electrons. The third-order valence-corrected chi connectivity index (χ3v) is 3.41. The van der Waals surface area contributed by atoms with Crippen LogP contribution in [0.2, 0.25) is 0 Å². The number of halogens is 1. The van der Waals surface area contributed by atoms with Crippen molar-refractivity contribution in [3.8, 4) is 11.1 Å². The van der Waals surface area contributed by atoms with E-state index in [9.17, 15) is 4.79 Å². The summed E-state index contributed by atoms with van der Waals surface area (Å²) in [6.45, 7) is 2.07. The van der Waals surface area contributed by atoms with Crippen molar-refractivity contribution in [1.82, 2.24) is 0 Å². The molecule has 0 aliphatic rings. The third-order valence-electron chi connectivity index (χ3n) is 2.38. The summed E-state index contributed by atoms with van der Waals surface area (Å²) in [5, 5.41) is 1.62. The summed E-state index contributed by atoms with van der Waals surface area (Å²) < 4.78 is 0. The van der Waals surface area contributed by atoms with Crippen molar-refractivity contribution in [2.24, 2.45) is 0 Å². The Balaban J connectivity index is 2.23. The highest BCUT2D eigenvalue weighted by Crippen LogP contribution is 2.26. The predicted octanol–water partition coefficient (Wildman–Crippen LogP) is 4.50. The largest absolute Gasteiger partial charge is 0.276 e. The van der Waals surface area contributed by atoms with Crippen LogP contribution >= 0.6 is 22.9 Å². The SMILES string of the molecule is Cc1ccc(-c2csc(/C=C/C(=O)Cl)c2)cc1. The van der Waals surface area contributed by atoms with Crippen LogP contribution in [0.25, 0.3) is 17.2 Å². The molecule has 0 aliphatic heterocycles. The summed E-state index contributed by atoms with van der Waals surface area (Å²) in [6, 6.07) is 10.4. The van der Waals surface area contributed by atoms with Crippen LogP contribution in [0.3, 0.4) is 0 Å². The lowest BCUT2D eigenvalue weighted by molar-refractivity contribution is -0.107. The Morgan fingerprint density at radius 3 is 2.59 bits per heavy atom. The number of aryl methyl sites for hydroxylation is 1. The second-order valence-corrected chi connectivity index (χ2v) is 5.06. The van der Waals surface area contributed by atoms with Gasteiger partial charge in [0.15, 0.2) is 0 Å². The highest BCUT2D eigenvalue weighted by Gasteiger charge is 2.00. The molecule has 0 fully saturated rings. The van der Waals surface area contributed by atoms with Crippen molar-refractivity contribution in [2.45, 2.75) is 6.92 Å². The van der Waals surface area contributed by atoms with Gasteiger partial charge in [0.25, 0.3) is 0 Å². The molecule has 0 spiro atoms. The second-order valence-electron chi connectivity index (χ2n) is 3.74. The highest BCUT2D eigenvalue weighted by molar-refractivity contribution is 7.11. The molecule has 0 aliphatic carbocycles. The molecule has 0 atom stereocenters. The number of allylic oxidation sites excluding steroid dienone is 1. The molecule has 3 heteroatoms. The molecule has 0 saturated heterocycles. The lowest BCUT2D eigenvalue weighted by atomic mass is 10.1. The van der Waals surface area contributed by atoms with Crippen molar-refractivity contribution in [3.05, 3.63) is 52.2 Å². The van der Waals surface area contributed by atoms with E-state index in [1.54, 1.807) is 17.4 Å². The summed E-state index contributed by atoms with van der Waals surface area (Å²) in [7, 11) is 0. The lowest BCUT2D eigenvalue weighted by Gasteiger charge is -1.97. The summed E-state index contributed by atoms with van der Waals surface area (Å²) in [5.74, 6) is 0. The Kier molecular flexibility index (Phi) is 3.77. The zero-order valence-corrected chi connectivity index (χ0v) is 10.9. The average molecular weight is 263 g/mol. The Hall–Kier alpha value is -1.38. The van der Waals surface area contributed by atoms with Gasteiger partial charge in [-0.2, -0.15) is 0 Å². The summed E-state index contributed by atoms with van der Waals surface area (Å²) >= 11 is 6.84. The van der Waals surface area contributed by atoms with Gasteiger partial charge in [-0.25, -0.2) is 0 Å². The highest BCUT2D eigenvalue weighted by atomic mass is 35.5. The number of benzene rings is 1. The van der Waals surface area contributed by atoms with Crippen molar-refractivity contribution in [2.75, 3.05) is 0 Å². The van der Waals surface area contributed by atoms with Crippen LogP contribution in [0.5, 0.6) is 0 Å². The monoisotopic (exact) mass is 262 g/mol. The fraction of sp³-hybridized carbons (Fsp3) is 0.0714. The standard InChI is InChI=1S/C14H11ClOS/c1-10-2-4-11(5-3-10)12-8-13(17-9-12)6-7-14(15)16/h2-9H,1H3/b7-6+. The summed E-state index contributed by atoms with van der Waals surface area (Å²) in [6.07, 6.45) is 3.10. The molecule has 86 valence electrons. The first-order valence-corrected chi connectivity index (χ1v) is 6.44. The minimum atomic E-state index is -0.449. The Labute approximate surface area is 109 Å². The average Bonchev–Trinajstić information content (AvgIpc) is 2.76. The number of hydrogen-bond donors (Lipinski definition) is 0. The topological polar surface area (TPSA) is 17.1 Å². The van der Waals surface area contributed by atoms with Gasteiger partial charge in [-0.15, -0.1) is 11.3 Å². The first-order chi connectivity index (χ1) is 8.15. The molecule has 2 aromatic rings. The molecule has 1 aromatic heterocycles. The van der Waals surface area contributed by atoms with E-state index in [2.05, 4.69) is 36.6 Å². The first kappa shape index (κ1) is 12.1. The molecular weight excluding hydrogens is 252 g/mol. The number of hydrogen-bond acceptors (Lipinski definition) is 2. The van der Waals surface area contributed by atoms with Crippen molar-refractivity contribution < 1.29 is 4.79 Å². The maximum Gasteiger partial charge on any atom is 0.245 e. The van der Waals surface area contributed by atoms with Crippen LogP contribution in [0, 0.1) is 6.92 Å². The predicted molar refractivity (Wildman–Crippen MR) is 74.4 cm³/mol. The van der Waals surface area contributed by atoms with Gasteiger partial charge in [-0.05, 0) is 53.3 Å². The molecule has 0 unspecified atom stereocenters. The molecule has 0 saturated carbocycles. The third kappa shape index (κ3) is 3.29. The number of carbonyl (C=O) groups excluding carboxylic acids is 1. The van der Waals surface area contributed by atoms with Gasteiger partial charge in [0.05, 0.1) is 0 Å². The Morgan fingerprint density at radius 1 is 1.24 bits per heavy atom. The van der Waals surface area contributed by atoms with Gasteiger partial charge in [0.1, 0.15) is 0 Å². The van der Waals surface area contributed by atoms with Crippen LogP contribution in [0.15, 0.2) is 41.8 Å². The number of thiophene rings is 1. The van der Waals surface area contributed by atoms with Crippen LogP contribution in [0.4, 0.5) is 0 Å². The Morgan fingerprint density at radius 2 is 1.94 bits per heavy atom. The quantitative estimate of drug-likeness (QED) is 0.588. The van der Waals surface area contributed by atoms with E-state index in [1.165, 1.54) is 17.2 Å². The van der Waals surface area contributed by atoms with Crippen LogP contribution in [0.1, 0.15) is 10.4 Å². The molecule has 0 N–H and O–H groups in total. The van der Waals surface area contributed by atoms with E-state index in [0.717, 1.165) is 10.4 Å². The van der Waals surface area contributed by atoms with Gasteiger partial charge in [-0.1, -0.05) is 29.8 Å². The van der Waals surface area contributed by atoms with Crippen molar-refractivity contribution in [3.63, 3.8) is 0 Å². The van der Waals surface area contributed by atoms with E-state index in [1.807, 2.05) is 6.07 Å². The maximum atomic E-state index is 10.6. The Bertz CT molecular complexity index is 552. The molecular formula is C14H11ClOS. The zero-order valence-electron chi connectivity index (χ0n) is 9.31. The molecule has 1 aromatic carbocycles. The van der Waals surface area contributed by atoms with Crippen LogP contribution in [-0.4, -0.2) is 5.24 Å². The normalized spacial score (nSPS) is 10.9. The van der Waals surface area contributed by atoms with E-state index in [0.29, 0.717) is 0 Å². The molecule has 17 heavy (non-hydrogen) atoms. The minimum absolute atomic E-state index is 0.449. The van der Waals surface area contributed by atoms with Gasteiger partial charge < -0.3 is 0 Å². The van der Waals surface area contributed by atoms with Crippen molar-refractivity contribution >= 4 is 34.3 Å². The fourth-order valence-corrected chi connectivity index (χ4v) is 2.36. The first-order valence-electron chi connectivity index (χ1n) is 5.18. The van der Waals surface area contributed by atoms with Gasteiger partial charge in [-0.3, -0.25) is 4.79 Å². The van der Waals surface area contributed by atoms with E-state index >= 15 is 0 Å². The fourth-order valence-electron chi connectivity index (χ4n) is 1.49. The molecule has 1 nitrogen and oxygen atoms in total. The summed E-state index contributed by atoms with van der Waals surface area (Å²) in [5.41, 5.74) is 3.59. The van der Waals surface area contributed by atoms with Crippen molar-refractivity contribution in [1.29, 1.82) is 0 Å². The minimum Gasteiger partial charge on any atom is -0.276 e. The molecule has 0 bridgehead atoms. The summed E-state index contributed by atoms with van der Waals surface area (Å²) in [4.78, 5) is 11.6. The van der Waals surface area contributed by atoms with E-state index < -0.39 is 5.24 Å². The number of carbonyl (C=O) groups is 1. The maximum absolute atomic E-state index is 10.6. The molecule has 0 amide bonds. The van der Waals surface area contributed by atoms with Gasteiger partial charge >= 0.3 is 0 Å². The van der Waals surface area contributed by atoms with E-state index in [4.69, 9.17) is 11.6 Å². The smallest absolute Gasteiger partial charge is 0.245 e.